The summed E-state index contributed by atoms with van der Waals surface area (Å²) in [5.41, 5.74) is 0. The van der Waals surface area contributed by atoms with Gasteiger partial charge in [-0.1, -0.05) is 286 Å². The molecule has 9 N–H and O–H groups in total. The number of carbonyl (C=O) groups is 1. The molecule has 2 aliphatic rings. The predicted octanol–water partition coefficient (Wildman–Crippen LogP) is 15.2. The second kappa shape index (κ2) is 58.5. The molecule has 1 amide bonds. The lowest BCUT2D eigenvalue weighted by Gasteiger charge is -2.46. The molecule has 2 aliphatic heterocycles. The second-order valence-corrected chi connectivity index (χ2v) is 25.7. The van der Waals surface area contributed by atoms with E-state index in [0.29, 0.717) is 12.8 Å². The van der Waals surface area contributed by atoms with Gasteiger partial charge in [0.2, 0.25) is 5.91 Å². The Hall–Kier alpha value is -2.31. The van der Waals surface area contributed by atoms with E-state index in [1.807, 2.05) is 6.08 Å². The summed E-state index contributed by atoms with van der Waals surface area (Å²) >= 11 is 0. The fraction of sp³-hybridized carbons (Fsp3) is 0.851. The molecule has 2 saturated heterocycles. The number of carbonyl (C=O) groups excluding carboxylic acids is 1. The van der Waals surface area contributed by atoms with Crippen LogP contribution in [0.25, 0.3) is 0 Å². The number of hydrogen-bond donors (Lipinski definition) is 9. The first-order valence-corrected chi connectivity index (χ1v) is 36.5. The van der Waals surface area contributed by atoms with Crippen LogP contribution in [0.1, 0.15) is 309 Å². The average Bonchev–Trinajstić information content (AvgIpc) is 1.78. The lowest BCUT2D eigenvalue weighted by atomic mass is 9.97. The zero-order chi connectivity index (χ0) is 63.8. The van der Waals surface area contributed by atoms with Crippen LogP contribution < -0.4 is 5.32 Å². The molecule has 2 heterocycles. The Labute approximate surface area is 536 Å². The fourth-order valence-electron chi connectivity index (χ4n) is 11.8. The number of nitrogens with one attached hydrogen (secondary N) is 1. The van der Waals surface area contributed by atoms with Gasteiger partial charge in [-0.05, 0) is 77.0 Å². The van der Waals surface area contributed by atoms with Gasteiger partial charge in [-0.2, -0.15) is 0 Å². The van der Waals surface area contributed by atoms with Crippen molar-refractivity contribution in [2.45, 2.75) is 383 Å². The highest BCUT2D eigenvalue weighted by Crippen LogP contribution is 2.30. The summed E-state index contributed by atoms with van der Waals surface area (Å²) in [4.78, 5) is 13.3. The molecule has 0 spiro atoms. The van der Waals surface area contributed by atoms with Gasteiger partial charge in [0, 0.05) is 6.42 Å². The van der Waals surface area contributed by atoms with Gasteiger partial charge in [-0.25, -0.2) is 0 Å². The molecule has 14 heteroatoms. The molecule has 0 aromatic heterocycles. The van der Waals surface area contributed by atoms with Crippen LogP contribution in [0, 0.1) is 0 Å². The molecule has 0 aliphatic carbocycles. The quantitative estimate of drug-likeness (QED) is 0.0204. The highest BCUT2D eigenvalue weighted by Gasteiger charge is 2.51. The number of ether oxygens (including phenoxy) is 4. The van der Waals surface area contributed by atoms with Crippen LogP contribution in [-0.4, -0.2) is 140 Å². The maximum atomic E-state index is 13.3. The summed E-state index contributed by atoms with van der Waals surface area (Å²) in [5, 5.41) is 87.4. The van der Waals surface area contributed by atoms with Crippen molar-refractivity contribution in [2.24, 2.45) is 0 Å². The molecule has 2 rings (SSSR count). The minimum atomic E-state index is -1.80. The van der Waals surface area contributed by atoms with E-state index in [1.165, 1.54) is 225 Å². The van der Waals surface area contributed by atoms with Crippen molar-refractivity contribution in [2.75, 3.05) is 19.8 Å². The van der Waals surface area contributed by atoms with Gasteiger partial charge in [-0.15, -0.1) is 0 Å². The molecule has 12 unspecified atom stereocenters. The Morgan fingerprint density at radius 3 is 1.18 bits per heavy atom. The highest BCUT2D eigenvalue weighted by atomic mass is 16.7. The SMILES string of the molecule is CCCCCCC/C=C\C/C=C\CCCCCCCCCCCCCC(=O)NC(COC1OC(CO)C(OC2OC(CO)C(O)C(O)C2O)C(O)C1O)C(O)/C=C/CC/C=C/CC/C=C/CCCCCCCCCCCCCCCCCCCCCCC. The van der Waals surface area contributed by atoms with Crippen molar-refractivity contribution in [3.63, 3.8) is 0 Å². The van der Waals surface area contributed by atoms with Crippen molar-refractivity contribution >= 4 is 5.91 Å². The van der Waals surface area contributed by atoms with E-state index < -0.39 is 86.8 Å². The number of hydrogen-bond acceptors (Lipinski definition) is 13. The molecular weight excluding hydrogens is 1110 g/mol. The van der Waals surface area contributed by atoms with Gasteiger partial charge in [-0.3, -0.25) is 4.79 Å². The fourth-order valence-corrected chi connectivity index (χ4v) is 11.8. The minimum Gasteiger partial charge on any atom is -0.394 e. The number of unbranched alkanes of at least 4 members (excludes halogenated alkanes) is 39. The normalized spacial score (nSPS) is 23.5. The Kier molecular flexibility index (Phi) is 54.4. The van der Waals surface area contributed by atoms with Crippen LogP contribution >= 0.6 is 0 Å². The second-order valence-electron chi connectivity index (χ2n) is 25.7. The number of rotatable bonds is 60. The van der Waals surface area contributed by atoms with E-state index in [1.54, 1.807) is 6.08 Å². The molecule has 2 fully saturated rings. The van der Waals surface area contributed by atoms with Gasteiger partial charge in [0.1, 0.15) is 48.8 Å². The third-order valence-electron chi connectivity index (χ3n) is 17.7. The maximum absolute atomic E-state index is 13.3. The largest absolute Gasteiger partial charge is 0.394 e. The van der Waals surface area contributed by atoms with Gasteiger partial charge in [0.25, 0.3) is 0 Å². The average molecular weight is 1250 g/mol. The van der Waals surface area contributed by atoms with E-state index in [2.05, 4.69) is 67.8 Å². The molecule has 0 aromatic carbocycles. The summed E-state index contributed by atoms with van der Waals surface area (Å²) < 4.78 is 22.8. The van der Waals surface area contributed by atoms with Crippen molar-refractivity contribution in [1.82, 2.24) is 5.32 Å². The van der Waals surface area contributed by atoms with Gasteiger partial charge in [0.15, 0.2) is 12.6 Å². The van der Waals surface area contributed by atoms with Crippen LogP contribution in [0.2, 0.25) is 0 Å². The van der Waals surface area contributed by atoms with Crippen LogP contribution in [-0.2, 0) is 23.7 Å². The monoisotopic (exact) mass is 1250 g/mol. The third kappa shape index (κ3) is 42.0. The highest BCUT2D eigenvalue weighted by molar-refractivity contribution is 5.76. The van der Waals surface area contributed by atoms with Crippen LogP contribution in [0.3, 0.4) is 0 Å². The topological polar surface area (TPSA) is 228 Å². The Morgan fingerprint density at radius 2 is 0.761 bits per heavy atom. The Bertz CT molecular complexity index is 1710. The smallest absolute Gasteiger partial charge is 0.220 e. The van der Waals surface area contributed by atoms with Crippen molar-refractivity contribution < 1.29 is 64.6 Å². The van der Waals surface area contributed by atoms with Crippen LogP contribution in [0.5, 0.6) is 0 Å². The van der Waals surface area contributed by atoms with Gasteiger partial charge >= 0.3 is 0 Å². The Morgan fingerprint density at radius 1 is 0.409 bits per heavy atom. The molecular formula is C74H135NO13. The van der Waals surface area contributed by atoms with E-state index in [9.17, 15) is 45.6 Å². The molecule has 12 atom stereocenters. The maximum Gasteiger partial charge on any atom is 0.220 e. The molecule has 0 radical (unpaired) electrons. The summed E-state index contributed by atoms with van der Waals surface area (Å²) in [6.07, 6.45) is 61.4. The number of aliphatic hydroxyl groups excluding tert-OH is 8. The lowest BCUT2D eigenvalue weighted by molar-refractivity contribution is -0.359. The number of aliphatic hydroxyl groups is 8. The summed E-state index contributed by atoms with van der Waals surface area (Å²) in [7, 11) is 0. The summed E-state index contributed by atoms with van der Waals surface area (Å²) in [6.45, 7) is 2.80. The minimum absolute atomic E-state index is 0.254. The zero-order valence-corrected chi connectivity index (χ0v) is 56.0. The van der Waals surface area contributed by atoms with Crippen LogP contribution in [0.15, 0.2) is 60.8 Å². The van der Waals surface area contributed by atoms with Crippen molar-refractivity contribution in [3.8, 4) is 0 Å². The van der Waals surface area contributed by atoms with E-state index in [0.717, 1.165) is 51.4 Å². The molecule has 514 valence electrons. The first kappa shape index (κ1) is 81.8. The summed E-state index contributed by atoms with van der Waals surface area (Å²) in [6, 6.07) is -0.943. The standard InChI is InChI=1S/C74H135NO13/c1-3-5-7-9-11-13-15-17-19-21-23-25-27-28-29-30-31-32-33-34-36-37-39-41-43-45-47-49-51-53-55-57-63(78)62(61-85-73-71(84)69(82)72(65(60-77)87-73)88-74-70(83)68(81)67(80)64(59-76)86-74)75-66(79)58-56-54-52-50-48-46-44-42-40-38-35-26-24-22-20-18-16-14-12-10-8-6-4-2/h16,18,22,24,39,41,47,49,55,57,62-65,67-74,76-78,80-84H,3-15,17,19-21,23,25-38,40,42-46,48,50-54,56,58-61H2,1-2H3,(H,75,79)/b18-16-,24-22-,41-39+,49-47+,57-55+. The Balaban J connectivity index is 1.69. The summed E-state index contributed by atoms with van der Waals surface area (Å²) in [5.74, 6) is -0.254. The number of amides is 1. The molecule has 0 aromatic rings. The first-order valence-electron chi connectivity index (χ1n) is 36.5. The lowest BCUT2D eigenvalue weighted by Crippen LogP contribution is -2.65. The van der Waals surface area contributed by atoms with Gasteiger partial charge < -0.3 is 65.1 Å². The van der Waals surface area contributed by atoms with Gasteiger partial charge in [0.05, 0.1) is 32.0 Å². The first-order chi connectivity index (χ1) is 43.1. The molecule has 88 heavy (non-hydrogen) atoms. The molecule has 14 nitrogen and oxygen atoms in total. The van der Waals surface area contributed by atoms with Crippen molar-refractivity contribution in [3.05, 3.63) is 60.8 Å². The molecule has 0 bridgehead atoms. The third-order valence-corrected chi connectivity index (χ3v) is 17.7. The predicted molar refractivity (Wildman–Crippen MR) is 360 cm³/mol. The van der Waals surface area contributed by atoms with Crippen LogP contribution in [0.4, 0.5) is 0 Å². The number of allylic oxidation sites excluding steroid dienone is 9. The van der Waals surface area contributed by atoms with E-state index in [4.69, 9.17) is 18.9 Å². The van der Waals surface area contributed by atoms with Crippen molar-refractivity contribution in [1.29, 1.82) is 0 Å². The zero-order valence-electron chi connectivity index (χ0n) is 56.0. The van der Waals surface area contributed by atoms with E-state index in [-0.39, 0.29) is 18.9 Å². The van der Waals surface area contributed by atoms with E-state index >= 15 is 0 Å². The molecule has 0 saturated carbocycles.